The number of benzene rings is 2. The van der Waals surface area contributed by atoms with Gasteiger partial charge in [0.25, 0.3) is 0 Å². The number of aryl methyl sites for hydroxylation is 1. The summed E-state index contributed by atoms with van der Waals surface area (Å²) in [5.74, 6) is 1.22. The molecule has 0 radical (unpaired) electrons. The molecule has 1 aromatic heterocycles. The zero-order valence-electron chi connectivity index (χ0n) is 14.8. The Balaban J connectivity index is 2.31. The lowest BCUT2D eigenvalue weighted by Crippen LogP contribution is -2.07. The second-order valence-corrected chi connectivity index (χ2v) is 6.10. The molecule has 3 rings (SSSR count). The van der Waals surface area contributed by atoms with Crippen LogP contribution in [0.4, 0.5) is 0 Å². The molecule has 4 nitrogen and oxygen atoms in total. The summed E-state index contributed by atoms with van der Waals surface area (Å²) in [5.41, 5.74) is 2.48. The minimum atomic E-state index is -0.444. The first-order chi connectivity index (χ1) is 12.6. The molecule has 0 spiro atoms. The Bertz CT molecular complexity index is 929. The maximum absolute atomic E-state index is 12.8. The normalized spacial score (nSPS) is 10.6. The van der Waals surface area contributed by atoms with Crippen molar-refractivity contribution in [3.63, 3.8) is 0 Å². The number of hydrogen-bond acceptors (Lipinski definition) is 4. The topological polar surface area (TPSA) is 48.7 Å². The van der Waals surface area contributed by atoms with Crippen LogP contribution >= 0.6 is 11.6 Å². The Morgan fingerprint density at radius 3 is 2.54 bits per heavy atom. The van der Waals surface area contributed by atoms with Gasteiger partial charge in [0, 0.05) is 21.7 Å². The van der Waals surface area contributed by atoms with Gasteiger partial charge in [-0.2, -0.15) is 0 Å². The van der Waals surface area contributed by atoms with E-state index >= 15 is 0 Å². The van der Waals surface area contributed by atoms with E-state index in [0.29, 0.717) is 39.0 Å². The lowest BCUT2D eigenvalue weighted by atomic mass is 9.97. The summed E-state index contributed by atoms with van der Waals surface area (Å²) in [7, 11) is 1.57. The van der Waals surface area contributed by atoms with Crippen LogP contribution < -0.4 is 4.74 Å². The molecule has 2 aromatic carbocycles. The van der Waals surface area contributed by atoms with E-state index in [9.17, 15) is 4.79 Å². The number of ether oxygens (including phenoxy) is 2. The highest BCUT2D eigenvalue weighted by molar-refractivity contribution is 6.31. The van der Waals surface area contributed by atoms with E-state index in [1.54, 1.807) is 32.2 Å². The summed E-state index contributed by atoms with van der Waals surface area (Å²) in [6.07, 6.45) is 0. The minimum absolute atomic E-state index is 0.267. The largest absolute Gasteiger partial charge is 0.496 e. The molecule has 3 aromatic rings. The van der Waals surface area contributed by atoms with Crippen molar-refractivity contribution in [1.29, 1.82) is 0 Å². The van der Waals surface area contributed by atoms with Gasteiger partial charge in [-0.1, -0.05) is 41.9 Å². The highest BCUT2D eigenvalue weighted by Gasteiger charge is 2.28. The SMILES string of the molecule is CCOC(=O)c1c(-c2ccccc2)oc(C)c1-c1cc(Cl)ccc1OC. The molecule has 0 saturated carbocycles. The third-order valence-corrected chi connectivity index (χ3v) is 4.27. The summed E-state index contributed by atoms with van der Waals surface area (Å²) in [4.78, 5) is 12.8. The van der Waals surface area contributed by atoms with Gasteiger partial charge in [0.15, 0.2) is 0 Å². The van der Waals surface area contributed by atoms with Crippen LogP contribution in [-0.2, 0) is 4.74 Å². The molecule has 1 heterocycles. The van der Waals surface area contributed by atoms with Crippen LogP contribution in [0, 0.1) is 6.92 Å². The Kier molecular flexibility index (Phi) is 5.33. The van der Waals surface area contributed by atoms with Crippen molar-refractivity contribution in [3.05, 3.63) is 64.9 Å². The van der Waals surface area contributed by atoms with Crippen LogP contribution in [0.25, 0.3) is 22.5 Å². The van der Waals surface area contributed by atoms with E-state index in [2.05, 4.69) is 0 Å². The second-order valence-electron chi connectivity index (χ2n) is 5.67. The Morgan fingerprint density at radius 2 is 1.88 bits per heavy atom. The molecule has 0 N–H and O–H groups in total. The molecule has 0 aliphatic carbocycles. The van der Waals surface area contributed by atoms with Crippen molar-refractivity contribution in [2.45, 2.75) is 13.8 Å². The number of rotatable bonds is 5. The van der Waals surface area contributed by atoms with Crippen molar-refractivity contribution in [1.82, 2.24) is 0 Å². The van der Waals surface area contributed by atoms with E-state index in [1.807, 2.05) is 37.3 Å². The molecule has 0 saturated heterocycles. The van der Waals surface area contributed by atoms with E-state index < -0.39 is 5.97 Å². The summed E-state index contributed by atoms with van der Waals surface area (Å²) < 4.78 is 16.8. The highest BCUT2D eigenvalue weighted by Crippen LogP contribution is 2.42. The van der Waals surface area contributed by atoms with Crippen LogP contribution in [0.1, 0.15) is 23.0 Å². The molecule has 0 aliphatic heterocycles. The van der Waals surface area contributed by atoms with Gasteiger partial charge < -0.3 is 13.9 Å². The van der Waals surface area contributed by atoms with Crippen molar-refractivity contribution in [2.24, 2.45) is 0 Å². The second kappa shape index (κ2) is 7.67. The van der Waals surface area contributed by atoms with Crippen LogP contribution in [0.3, 0.4) is 0 Å². The fourth-order valence-electron chi connectivity index (χ4n) is 2.94. The molecule has 0 amide bonds. The van der Waals surface area contributed by atoms with Gasteiger partial charge in [-0.25, -0.2) is 4.79 Å². The molecule has 26 heavy (non-hydrogen) atoms. The molecule has 0 bridgehead atoms. The number of carbonyl (C=O) groups is 1. The van der Waals surface area contributed by atoms with Gasteiger partial charge in [-0.3, -0.25) is 0 Å². The van der Waals surface area contributed by atoms with Gasteiger partial charge in [0.1, 0.15) is 22.8 Å². The molecular weight excluding hydrogens is 352 g/mol. The van der Waals surface area contributed by atoms with Gasteiger partial charge >= 0.3 is 5.97 Å². The fraction of sp³-hybridized carbons (Fsp3) is 0.190. The lowest BCUT2D eigenvalue weighted by molar-refractivity contribution is 0.0527. The molecular formula is C21H19ClO4. The molecule has 5 heteroatoms. The first kappa shape index (κ1) is 18.1. The van der Waals surface area contributed by atoms with E-state index in [-0.39, 0.29) is 6.61 Å². The van der Waals surface area contributed by atoms with Gasteiger partial charge in [-0.05, 0) is 32.0 Å². The third-order valence-electron chi connectivity index (χ3n) is 4.03. The lowest BCUT2D eigenvalue weighted by Gasteiger charge is -2.11. The smallest absolute Gasteiger partial charge is 0.342 e. The van der Waals surface area contributed by atoms with E-state index in [1.165, 1.54) is 0 Å². The Labute approximate surface area is 157 Å². The Hall–Kier alpha value is -2.72. The average Bonchev–Trinajstić information content (AvgIpc) is 3.00. The van der Waals surface area contributed by atoms with Crippen LogP contribution in [0.2, 0.25) is 5.02 Å². The predicted octanol–water partition coefficient (Wildman–Crippen LogP) is 5.76. The maximum atomic E-state index is 12.8. The first-order valence-corrected chi connectivity index (χ1v) is 8.64. The zero-order valence-corrected chi connectivity index (χ0v) is 15.6. The number of esters is 1. The Morgan fingerprint density at radius 1 is 1.15 bits per heavy atom. The molecule has 0 fully saturated rings. The van der Waals surface area contributed by atoms with Crippen molar-refractivity contribution in [2.75, 3.05) is 13.7 Å². The molecule has 0 atom stereocenters. The first-order valence-electron chi connectivity index (χ1n) is 8.26. The van der Waals surface area contributed by atoms with Gasteiger partial charge in [0.2, 0.25) is 0 Å². The van der Waals surface area contributed by atoms with E-state index in [4.69, 9.17) is 25.5 Å². The monoisotopic (exact) mass is 370 g/mol. The number of halogens is 1. The van der Waals surface area contributed by atoms with Gasteiger partial charge in [0.05, 0.1) is 13.7 Å². The average molecular weight is 371 g/mol. The zero-order chi connectivity index (χ0) is 18.7. The van der Waals surface area contributed by atoms with Crippen molar-refractivity contribution in [3.8, 4) is 28.2 Å². The number of hydrogen-bond donors (Lipinski definition) is 0. The summed E-state index contributed by atoms with van der Waals surface area (Å²) >= 11 is 6.19. The predicted molar refractivity (Wildman–Crippen MR) is 102 cm³/mol. The van der Waals surface area contributed by atoms with Crippen molar-refractivity contribution < 1.29 is 18.7 Å². The summed E-state index contributed by atoms with van der Waals surface area (Å²) in [6, 6.07) is 14.7. The van der Waals surface area contributed by atoms with Crippen LogP contribution in [0.5, 0.6) is 5.75 Å². The van der Waals surface area contributed by atoms with E-state index in [0.717, 1.165) is 5.56 Å². The van der Waals surface area contributed by atoms with Crippen LogP contribution in [-0.4, -0.2) is 19.7 Å². The number of methoxy groups -OCH3 is 1. The van der Waals surface area contributed by atoms with Crippen molar-refractivity contribution >= 4 is 17.6 Å². The molecule has 134 valence electrons. The quantitative estimate of drug-likeness (QED) is 0.535. The van der Waals surface area contributed by atoms with Gasteiger partial charge in [-0.15, -0.1) is 0 Å². The minimum Gasteiger partial charge on any atom is -0.496 e. The number of furan rings is 1. The standard InChI is InChI=1S/C21H19ClO4/c1-4-25-21(23)19-18(16-12-15(22)10-11-17(16)24-3)13(2)26-20(19)14-8-6-5-7-9-14/h5-12H,4H2,1-3H3. The fourth-order valence-corrected chi connectivity index (χ4v) is 3.11. The van der Waals surface area contributed by atoms with Crippen LogP contribution in [0.15, 0.2) is 52.9 Å². The summed E-state index contributed by atoms with van der Waals surface area (Å²) in [6.45, 7) is 3.85. The maximum Gasteiger partial charge on any atom is 0.342 e. The summed E-state index contributed by atoms with van der Waals surface area (Å²) in [5, 5.41) is 0.539. The molecule has 0 aliphatic rings. The number of carbonyl (C=O) groups excluding carboxylic acids is 1. The third kappa shape index (κ3) is 3.33. The molecule has 0 unspecified atom stereocenters. The highest BCUT2D eigenvalue weighted by atomic mass is 35.5.